The van der Waals surface area contributed by atoms with Crippen molar-refractivity contribution < 1.29 is 4.39 Å². The average Bonchev–Trinajstić information content (AvgIpc) is 3.05. The Hall–Kier alpha value is -3.35. The maximum atomic E-state index is 13.0. The van der Waals surface area contributed by atoms with Gasteiger partial charge in [-0.05, 0) is 36.4 Å². The van der Waals surface area contributed by atoms with Crippen molar-refractivity contribution >= 4 is 10.9 Å². The van der Waals surface area contributed by atoms with Crippen LogP contribution in [0.5, 0.6) is 0 Å². The Morgan fingerprint density at radius 1 is 1.04 bits per heavy atom. The molecule has 0 unspecified atom stereocenters. The summed E-state index contributed by atoms with van der Waals surface area (Å²) in [5.41, 5.74) is 1.44. The predicted molar refractivity (Wildman–Crippen MR) is 82.7 cm³/mol. The summed E-state index contributed by atoms with van der Waals surface area (Å²) in [6.45, 7) is 0. The second kappa shape index (κ2) is 5.13. The van der Waals surface area contributed by atoms with E-state index >= 15 is 0 Å². The number of benzene rings is 2. The molecule has 4 rings (SSSR count). The second-order valence-electron chi connectivity index (χ2n) is 4.96. The molecule has 4 aromatic rings. The van der Waals surface area contributed by atoms with Crippen LogP contribution in [0.1, 0.15) is 0 Å². The summed E-state index contributed by atoms with van der Waals surface area (Å²) in [5.74, 6) is 0.0108. The second-order valence-corrected chi connectivity index (χ2v) is 4.96. The van der Waals surface area contributed by atoms with Gasteiger partial charge in [0.25, 0.3) is 5.56 Å². The SMILES string of the molecule is O=c1[nH]c(-c2cn(-c3ccc(F)cc3)nn2)nc2ccccc12. The first kappa shape index (κ1) is 13.3. The first-order valence-corrected chi connectivity index (χ1v) is 6.88. The fraction of sp³-hybridized carbons (Fsp3) is 0. The zero-order chi connectivity index (χ0) is 15.8. The van der Waals surface area contributed by atoms with E-state index in [1.165, 1.54) is 16.8 Å². The van der Waals surface area contributed by atoms with Gasteiger partial charge in [-0.2, -0.15) is 0 Å². The molecule has 0 fully saturated rings. The number of fused-ring (bicyclic) bond motifs is 1. The zero-order valence-corrected chi connectivity index (χ0v) is 11.8. The molecule has 0 radical (unpaired) electrons. The van der Waals surface area contributed by atoms with Crippen molar-refractivity contribution in [3.8, 4) is 17.2 Å². The molecule has 0 saturated carbocycles. The minimum absolute atomic E-state index is 0.234. The first-order chi connectivity index (χ1) is 11.2. The Balaban J connectivity index is 1.80. The zero-order valence-electron chi connectivity index (χ0n) is 11.8. The van der Waals surface area contributed by atoms with Crippen molar-refractivity contribution in [1.82, 2.24) is 25.0 Å². The van der Waals surface area contributed by atoms with Gasteiger partial charge in [-0.25, -0.2) is 14.1 Å². The van der Waals surface area contributed by atoms with Crippen molar-refractivity contribution in [3.05, 3.63) is 70.9 Å². The van der Waals surface area contributed by atoms with E-state index in [1.54, 1.807) is 36.5 Å². The highest BCUT2D eigenvalue weighted by atomic mass is 19.1. The summed E-state index contributed by atoms with van der Waals surface area (Å²) in [4.78, 5) is 19.2. The number of hydrogen-bond acceptors (Lipinski definition) is 4. The summed E-state index contributed by atoms with van der Waals surface area (Å²) in [6.07, 6.45) is 1.63. The van der Waals surface area contributed by atoms with Crippen LogP contribution < -0.4 is 5.56 Å². The van der Waals surface area contributed by atoms with Crippen LogP contribution in [-0.4, -0.2) is 25.0 Å². The van der Waals surface area contributed by atoms with Gasteiger partial charge in [-0.3, -0.25) is 4.79 Å². The number of nitrogens with zero attached hydrogens (tertiary/aromatic N) is 4. The van der Waals surface area contributed by atoms with E-state index in [4.69, 9.17) is 0 Å². The number of halogens is 1. The third-order valence-electron chi connectivity index (χ3n) is 3.44. The summed E-state index contributed by atoms with van der Waals surface area (Å²) < 4.78 is 14.5. The Morgan fingerprint density at radius 3 is 2.65 bits per heavy atom. The molecule has 0 saturated heterocycles. The van der Waals surface area contributed by atoms with Gasteiger partial charge >= 0.3 is 0 Å². The number of para-hydroxylation sites is 1. The van der Waals surface area contributed by atoms with E-state index in [0.717, 1.165) is 0 Å². The van der Waals surface area contributed by atoms with Crippen LogP contribution >= 0.6 is 0 Å². The molecular weight excluding hydrogens is 297 g/mol. The molecule has 0 aliphatic rings. The molecule has 2 heterocycles. The van der Waals surface area contributed by atoms with Crippen molar-refractivity contribution in [3.63, 3.8) is 0 Å². The Bertz CT molecular complexity index is 1050. The fourth-order valence-corrected chi connectivity index (χ4v) is 2.30. The van der Waals surface area contributed by atoms with E-state index in [0.29, 0.717) is 28.1 Å². The highest BCUT2D eigenvalue weighted by Crippen LogP contribution is 2.15. The molecule has 23 heavy (non-hydrogen) atoms. The van der Waals surface area contributed by atoms with Gasteiger partial charge in [0.15, 0.2) is 5.82 Å². The third-order valence-corrected chi connectivity index (χ3v) is 3.44. The van der Waals surface area contributed by atoms with Gasteiger partial charge in [-0.15, -0.1) is 5.10 Å². The lowest BCUT2D eigenvalue weighted by Gasteiger charge is -2.00. The standard InChI is InChI=1S/C16H10FN5O/c17-10-5-7-11(8-6-10)22-9-14(20-21-22)15-18-13-4-2-1-3-12(13)16(23)19-15/h1-9H,(H,18,19,23). The predicted octanol–water partition coefficient (Wildman–Crippen LogP) is 2.31. The maximum absolute atomic E-state index is 13.0. The monoisotopic (exact) mass is 307 g/mol. The molecule has 0 aliphatic carbocycles. The van der Waals surface area contributed by atoms with Gasteiger partial charge in [0.1, 0.15) is 11.5 Å². The van der Waals surface area contributed by atoms with E-state index < -0.39 is 0 Å². The van der Waals surface area contributed by atoms with E-state index in [2.05, 4.69) is 20.3 Å². The molecule has 6 nitrogen and oxygen atoms in total. The highest BCUT2D eigenvalue weighted by Gasteiger charge is 2.10. The molecule has 0 amide bonds. The number of aromatic nitrogens is 5. The van der Waals surface area contributed by atoms with Crippen LogP contribution in [-0.2, 0) is 0 Å². The van der Waals surface area contributed by atoms with Gasteiger partial charge < -0.3 is 4.98 Å². The minimum Gasteiger partial charge on any atom is -0.305 e. The molecule has 0 bridgehead atoms. The van der Waals surface area contributed by atoms with E-state index in [1.807, 2.05) is 6.07 Å². The Kier molecular flexibility index (Phi) is 2.97. The lowest BCUT2D eigenvalue weighted by Crippen LogP contribution is -2.09. The number of aromatic amines is 1. The van der Waals surface area contributed by atoms with Crippen LogP contribution in [0.15, 0.2) is 59.5 Å². The molecular formula is C16H10FN5O. The molecule has 2 aromatic heterocycles. The maximum Gasteiger partial charge on any atom is 0.259 e. The molecule has 2 aromatic carbocycles. The van der Waals surface area contributed by atoms with Crippen molar-refractivity contribution in [1.29, 1.82) is 0 Å². The quantitative estimate of drug-likeness (QED) is 0.616. The van der Waals surface area contributed by atoms with Crippen molar-refractivity contribution in [2.24, 2.45) is 0 Å². The summed E-state index contributed by atoms with van der Waals surface area (Å²) in [7, 11) is 0. The van der Waals surface area contributed by atoms with E-state index in [9.17, 15) is 9.18 Å². The third kappa shape index (κ3) is 2.38. The van der Waals surface area contributed by atoms with Gasteiger partial charge in [0.2, 0.25) is 0 Å². The highest BCUT2D eigenvalue weighted by molar-refractivity contribution is 5.78. The van der Waals surface area contributed by atoms with Crippen LogP contribution in [0.25, 0.3) is 28.1 Å². The smallest absolute Gasteiger partial charge is 0.259 e. The number of nitrogens with one attached hydrogen (secondary N) is 1. The van der Waals surface area contributed by atoms with Crippen LogP contribution in [0.3, 0.4) is 0 Å². The van der Waals surface area contributed by atoms with E-state index in [-0.39, 0.29) is 11.4 Å². The van der Waals surface area contributed by atoms with Gasteiger partial charge in [-0.1, -0.05) is 17.3 Å². The van der Waals surface area contributed by atoms with Gasteiger partial charge in [0, 0.05) is 0 Å². The molecule has 0 spiro atoms. The molecule has 0 atom stereocenters. The van der Waals surface area contributed by atoms with Crippen LogP contribution in [0.4, 0.5) is 4.39 Å². The summed E-state index contributed by atoms with van der Waals surface area (Å²) in [5, 5.41) is 8.52. The number of H-pyrrole nitrogens is 1. The normalized spacial score (nSPS) is 11.0. The fourth-order valence-electron chi connectivity index (χ4n) is 2.30. The minimum atomic E-state index is -0.324. The molecule has 0 aliphatic heterocycles. The lowest BCUT2D eigenvalue weighted by atomic mass is 10.2. The van der Waals surface area contributed by atoms with Crippen LogP contribution in [0, 0.1) is 5.82 Å². The van der Waals surface area contributed by atoms with Crippen molar-refractivity contribution in [2.75, 3.05) is 0 Å². The van der Waals surface area contributed by atoms with Gasteiger partial charge in [0.05, 0.1) is 22.8 Å². The molecule has 7 heteroatoms. The Morgan fingerprint density at radius 2 is 1.83 bits per heavy atom. The topological polar surface area (TPSA) is 76.5 Å². The lowest BCUT2D eigenvalue weighted by molar-refractivity contribution is 0.626. The first-order valence-electron chi connectivity index (χ1n) is 6.88. The number of rotatable bonds is 2. The largest absolute Gasteiger partial charge is 0.305 e. The molecule has 112 valence electrons. The van der Waals surface area contributed by atoms with Crippen molar-refractivity contribution in [2.45, 2.75) is 0 Å². The number of hydrogen-bond donors (Lipinski definition) is 1. The molecule has 1 N–H and O–H groups in total. The van der Waals surface area contributed by atoms with Crippen LogP contribution in [0.2, 0.25) is 0 Å². The Labute approximate surface area is 129 Å². The summed E-state index contributed by atoms with van der Waals surface area (Å²) in [6, 6.07) is 12.9. The average molecular weight is 307 g/mol. The summed E-state index contributed by atoms with van der Waals surface area (Å²) >= 11 is 0.